The highest BCUT2D eigenvalue weighted by Crippen LogP contribution is 2.15. The van der Waals surface area contributed by atoms with Crippen molar-refractivity contribution in [3.63, 3.8) is 0 Å². The van der Waals surface area contributed by atoms with E-state index in [1.54, 1.807) is 11.0 Å². The van der Waals surface area contributed by atoms with E-state index in [1.807, 2.05) is 19.2 Å². The highest BCUT2D eigenvalue weighted by molar-refractivity contribution is 5.94. The maximum atomic E-state index is 12.1. The van der Waals surface area contributed by atoms with Crippen LogP contribution in [-0.4, -0.2) is 61.4 Å². The minimum atomic E-state index is -0.245. The van der Waals surface area contributed by atoms with Crippen molar-refractivity contribution in [3.8, 4) is 0 Å². The van der Waals surface area contributed by atoms with Crippen molar-refractivity contribution in [3.05, 3.63) is 41.5 Å². The lowest BCUT2D eigenvalue weighted by atomic mass is 10.0. The molecule has 0 unspecified atom stereocenters. The molecule has 0 atom stereocenters. The second kappa shape index (κ2) is 8.64. The first-order chi connectivity index (χ1) is 11.5. The topological polar surface area (TPSA) is 52.7 Å². The average Bonchev–Trinajstić information content (AvgIpc) is 2.58. The molecule has 1 heterocycles. The van der Waals surface area contributed by atoms with E-state index in [4.69, 9.17) is 0 Å². The minimum absolute atomic E-state index is 0.0221. The van der Waals surface area contributed by atoms with Gasteiger partial charge in [0.15, 0.2) is 0 Å². The Hall–Kier alpha value is -2.14. The molecule has 0 aromatic heterocycles. The molecule has 1 fully saturated rings. The highest BCUT2D eigenvalue weighted by Gasteiger charge is 2.18. The number of carbonyl (C=O) groups is 2. The third-order valence-corrected chi connectivity index (χ3v) is 4.30. The van der Waals surface area contributed by atoms with Crippen LogP contribution in [0, 0.1) is 0 Å². The Morgan fingerprint density at radius 1 is 1.12 bits per heavy atom. The Morgan fingerprint density at radius 3 is 2.33 bits per heavy atom. The van der Waals surface area contributed by atoms with Crippen LogP contribution in [0.2, 0.25) is 0 Å². The van der Waals surface area contributed by atoms with E-state index >= 15 is 0 Å². The van der Waals surface area contributed by atoms with Crippen molar-refractivity contribution < 1.29 is 9.59 Å². The van der Waals surface area contributed by atoms with Gasteiger partial charge in [-0.05, 0) is 30.2 Å². The zero-order valence-corrected chi connectivity index (χ0v) is 14.8. The molecule has 1 saturated heterocycles. The first kappa shape index (κ1) is 18.2. The van der Waals surface area contributed by atoms with Gasteiger partial charge in [-0.1, -0.05) is 38.1 Å². The third-order valence-electron chi connectivity index (χ3n) is 4.30. The van der Waals surface area contributed by atoms with Crippen LogP contribution in [0.3, 0.4) is 0 Å². The molecule has 1 aliphatic rings. The zero-order valence-electron chi connectivity index (χ0n) is 14.8. The van der Waals surface area contributed by atoms with Gasteiger partial charge < -0.3 is 15.1 Å². The molecule has 0 aliphatic carbocycles. The van der Waals surface area contributed by atoms with Crippen molar-refractivity contribution >= 4 is 17.9 Å². The lowest BCUT2D eigenvalue weighted by Crippen LogP contribution is -2.49. The fourth-order valence-corrected chi connectivity index (χ4v) is 2.55. The summed E-state index contributed by atoms with van der Waals surface area (Å²) < 4.78 is 0. The van der Waals surface area contributed by atoms with Crippen LogP contribution in [0.4, 0.5) is 0 Å². The molecule has 5 heteroatoms. The van der Waals surface area contributed by atoms with Gasteiger partial charge in [0.1, 0.15) is 0 Å². The smallest absolute Gasteiger partial charge is 0.244 e. The van der Waals surface area contributed by atoms with Crippen molar-refractivity contribution in [1.29, 1.82) is 0 Å². The summed E-state index contributed by atoms with van der Waals surface area (Å²) >= 11 is 0. The SMILES string of the molecule is CC(C)c1ccc(/C=C/C(=O)NCC(=O)N2CCN(C)CC2)cc1. The summed E-state index contributed by atoms with van der Waals surface area (Å²) in [4.78, 5) is 27.9. The average molecular weight is 329 g/mol. The van der Waals surface area contributed by atoms with Crippen LogP contribution in [-0.2, 0) is 9.59 Å². The molecule has 2 amide bonds. The monoisotopic (exact) mass is 329 g/mol. The molecule has 0 saturated carbocycles. The molecule has 0 bridgehead atoms. The molecule has 2 rings (SSSR count). The van der Waals surface area contributed by atoms with E-state index < -0.39 is 0 Å². The highest BCUT2D eigenvalue weighted by atomic mass is 16.2. The van der Waals surface area contributed by atoms with Crippen molar-refractivity contribution in [2.45, 2.75) is 19.8 Å². The van der Waals surface area contributed by atoms with Crippen LogP contribution >= 0.6 is 0 Å². The van der Waals surface area contributed by atoms with Crippen LogP contribution in [0.15, 0.2) is 30.3 Å². The number of benzene rings is 1. The van der Waals surface area contributed by atoms with Crippen molar-refractivity contribution in [2.75, 3.05) is 39.8 Å². The number of hydrogen-bond donors (Lipinski definition) is 1. The fourth-order valence-electron chi connectivity index (χ4n) is 2.55. The number of nitrogens with one attached hydrogen (secondary N) is 1. The van der Waals surface area contributed by atoms with E-state index in [0.717, 1.165) is 31.7 Å². The van der Waals surface area contributed by atoms with Gasteiger partial charge in [0, 0.05) is 32.3 Å². The van der Waals surface area contributed by atoms with E-state index in [9.17, 15) is 9.59 Å². The predicted molar refractivity (Wildman–Crippen MR) is 96.7 cm³/mol. The summed E-state index contributed by atoms with van der Waals surface area (Å²) in [6.07, 6.45) is 3.24. The van der Waals surface area contributed by atoms with Crippen LogP contribution in [0.25, 0.3) is 6.08 Å². The van der Waals surface area contributed by atoms with E-state index in [0.29, 0.717) is 5.92 Å². The van der Waals surface area contributed by atoms with Crippen LogP contribution in [0.1, 0.15) is 30.9 Å². The molecule has 24 heavy (non-hydrogen) atoms. The van der Waals surface area contributed by atoms with Gasteiger partial charge >= 0.3 is 0 Å². The summed E-state index contributed by atoms with van der Waals surface area (Å²) in [5.74, 6) is 0.225. The molecule has 130 valence electrons. The van der Waals surface area contributed by atoms with E-state index in [-0.39, 0.29) is 18.4 Å². The molecular weight excluding hydrogens is 302 g/mol. The van der Waals surface area contributed by atoms with Crippen LogP contribution < -0.4 is 5.32 Å². The molecule has 1 N–H and O–H groups in total. The zero-order chi connectivity index (χ0) is 17.5. The Labute approximate surface area is 144 Å². The van der Waals surface area contributed by atoms with Gasteiger partial charge in [-0.2, -0.15) is 0 Å². The van der Waals surface area contributed by atoms with Gasteiger partial charge in [0.2, 0.25) is 11.8 Å². The summed E-state index contributed by atoms with van der Waals surface area (Å²) in [6.45, 7) is 7.56. The van der Waals surface area contributed by atoms with Gasteiger partial charge in [-0.25, -0.2) is 0 Å². The Morgan fingerprint density at radius 2 is 1.75 bits per heavy atom. The molecule has 0 spiro atoms. The molecular formula is C19H27N3O2. The summed E-state index contributed by atoms with van der Waals surface area (Å²) in [5, 5.41) is 2.66. The number of nitrogens with zero attached hydrogens (tertiary/aromatic N) is 2. The standard InChI is InChI=1S/C19H27N3O2/c1-15(2)17-7-4-16(5-8-17)6-9-18(23)20-14-19(24)22-12-10-21(3)11-13-22/h4-9,15H,10-14H2,1-3H3,(H,20,23)/b9-6+. The minimum Gasteiger partial charge on any atom is -0.343 e. The second-order valence-corrected chi connectivity index (χ2v) is 6.56. The Kier molecular flexibility index (Phi) is 6.55. The lowest BCUT2D eigenvalue weighted by molar-refractivity contribution is -0.133. The number of piperazine rings is 1. The fraction of sp³-hybridized carbons (Fsp3) is 0.474. The van der Waals surface area contributed by atoms with Gasteiger partial charge in [-0.15, -0.1) is 0 Å². The summed E-state index contributed by atoms with van der Waals surface area (Å²) in [7, 11) is 2.04. The van der Waals surface area contributed by atoms with Crippen molar-refractivity contribution in [2.24, 2.45) is 0 Å². The van der Waals surface area contributed by atoms with Gasteiger partial charge in [-0.3, -0.25) is 9.59 Å². The normalized spacial score (nSPS) is 15.9. The number of amides is 2. The molecule has 5 nitrogen and oxygen atoms in total. The first-order valence-corrected chi connectivity index (χ1v) is 8.48. The molecule has 1 aliphatic heterocycles. The van der Waals surface area contributed by atoms with E-state index in [2.05, 4.69) is 36.2 Å². The summed E-state index contributed by atoms with van der Waals surface area (Å²) in [6, 6.07) is 8.13. The second-order valence-electron chi connectivity index (χ2n) is 6.56. The van der Waals surface area contributed by atoms with Gasteiger partial charge in [0.25, 0.3) is 0 Å². The number of carbonyl (C=O) groups excluding carboxylic acids is 2. The molecule has 1 aromatic rings. The van der Waals surface area contributed by atoms with Crippen molar-refractivity contribution in [1.82, 2.24) is 15.1 Å². The molecule has 1 aromatic carbocycles. The number of hydrogen-bond acceptors (Lipinski definition) is 3. The van der Waals surface area contributed by atoms with Crippen LogP contribution in [0.5, 0.6) is 0 Å². The van der Waals surface area contributed by atoms with E-state index in [1.165, 1.54) is 11.6 Å². The largest absolute Gasteiger partial charge is 0.343 e. The summed E-state index contributed by atoms with van der Waals surface area (Å²) in [5.41, 5.74) is 2.24. The first-order valence-electron chi connectivity index (χ1n) is 8.48. The Balaban J connectivity index is 1.77. The molecule has 0 radical (unpaired) electrons. The quantitative estimate of drug-likeness (QED) is 0.837. The predicted octanol–water partition coefficient (Wildman–Crippen LogP) is 1.71. The maximum Gasteiger partial charge on any atom is 0.244 e. The maximum absolute atomic E-state index is 12.1. The number of likely N-dealkylation sites (N-methyl/N-ethyl adjacent to an activating group) is 1. The lowest BCUT2D eigenvalue weighted by Gasteiger charge is -2.32. The third kappa shape index (κ3) is 5.49. The number of rotatable bonds is 5. The Bertz CT molecular complexity index is 585. The van der Waals surface area contributed by atoms with Gasteiger partial charge in [0.05, 0.1) is 6.54 Å².